The summed E-state index contributed by atoms with van der Waals surface area (Å²) in [4.78, 5) is 30.4. The Kier molecular flexibility index (Phi) is 7.44. The Hall–Kier alpha value is -4.46. The van der Waals surface area contributed by atoms with Crippen molar-refractivity contribution in [3.05, 3.63) is 105 Å². The van der Waals surface area contributed by atoms with Crippen molar-refractivity contribution in [1.29, 1.82) is 0 Å². The summed E-state index contributed by atoms with van der Waals surface area (Å²) < 4.78 is 2.08. The Morgan fingerprint density at radius 3 is 2.69 bits per heavy atom. The first-order valence-corrected chi connectivity index (χ1v) is 11.9. The van der Waals surface area contributed by atoms with Crippen LogP contribution in [0.2, 0.25) is 0 Å². The van der Waals surface area contributed by atoms with Gasteiger partial charge in [-0.2, -0.15) is 4.73 Å². The van der Waals surface area contributed by atoms with Gasteiger partial charge in [0.15, 0.2) is 12.0 Å². The number of rotatable bonds is 8. The summed E-state index contributed by atoms with van der Waals surface area (Å²) in [6.45, 7) is 4.04. The minimum absolute atomic E-state index is 0.0971. The van der Waals surface area contributed by atoms with Gasteiger partial charge in [-0.15, -0.1) is 0 Å². The minimum atomic E-state index is -0.328. The van der Waals surface area contributed by atoms with Crippen molar-refractivity contribution in [1.82, 2.24) is 9.55 Å². The van der Waals surface area contributed by atoms with E-state index < -0.39 is 0 Å². The normalized spacial score (nSPS) is 10.8. The molecule has 2 aromatic heterocycles. The third-order valence-corrected chi connectivity index (χ3v) is 6.03. The number of carbonyl (C=O) groups excluding carboxylic acids is 1. The van der Waals surface area contributed by atoms with Crippen LogP contribution in [0.4, 0.5) is 17.2 Å². The van der Waals surface area contributed by atoms with Crippen LogP contribution in [0.25, 0.3) is 11.3 Å². The number of aromatic nitrogens is 3. The predicted octanol–water partition coefficient (Wildman–Crippen LogP) is 4.73. The molecule has 8 heteroatoms. The molecule has 0 aliphatic carbocycles. The SMILES string of the molecule is CCCCc1ccccc1C(=O)Nc1cccc(-c2cn(C)c(=O)c(Nc3ccc[n+]([O-])c3)n2)c1C. The molecule has 0 fully saturated rings. The molecule has 0 radical (unpaired) electrons. The van der Waals surface area contributed by atoms with E-state index in [2.05, 4.69) is 22.5 Å². The van der Waals surface area contributed by atoms with Gasteiger partial charge in [-0.05, 0) is 49.1 Å². The van der Waals surface area contributed by atoms with Gasteiger partial charge in [0.05, 0.1) is 5.69 Å². The number of nitrogens with one attached hydrogen (secondary N) is 2. The minimum Gasteiger partial charge on any atom is -0.619 e. The van der Waals surface area contributed by atoms with Gasteiger partial charge >= 0.3 is 0 Å². The number of pyridine rings is 1. The average molecular weight is 484 g/mol. The fraction of sp³-hybridized carbons (Fsp3) is 0.214. The number of hydrogen-bond donors (Lipinski definition) is 2. The van der Waals surface area contributed by atoms with E-state index in [1.165, 1.54) is 17.0 Å². The Morgan fingerprint density at radius 2 is 1.92 bits per heavy atom. The second kappa shape index (κ2) is 10.9. The number of nitrogens with zero attached hydrogens (tertiary/aromatic N) is 3. The molecule has 0 saturated heterocycles. The smallest absolute Gasteiger partial charge is 0.293 e. The van der Waals surface area contributed by atoms with Crippen LogP contribution >= 0.6 is 0 Å². The van der Waals surface area contributed by atoms with Crippen molar-refractivity contribution < 1.29 is 9.52 Å². The van der Waals surface area contributed by atoms with Crippen LogP contribution in [-0.4, -0.2) is 15.5 Å². The van der Waals surface area contributed by atoms with E-state index in [4.69, 9.17) is 0 Å². The summed E-state index contributed by atoms with van der Waals surface area (Å²) in [5.41, 5.74) is 4.65. The first-order chi connectivity index (χ1) is 17.4. The molecule has 2 N–H and O–H groups in total. The highest BCUT2D eigenvalue weighted by Crippen LogP contribution is 2.28. The van der Waals surface area contributed by atoms with E-state index in [1.807, 2.05) is 49.4 Å². The lowest BCUT2D eigenvalue weighted by Crippen LogP contribution is -2.26. The lowest BCUT2D eigenvalue weighted by atomic mass is 10.0. The number of carbonyl (C=O) groups is 1. The van der Waals surface area contributed by atoms with Crippen LogP contribution in [0, 0.1) is 12.1 Å². The Balaban J connectivity index is 1.66. The van der Waals surface area contributed by atoms with Gasteiger partial charge < -0.3 is 20.4 Å². The van der Waals surface area contributed by atoms with Crippen molar-refractivity contribution in [2.45, 2.75) is 33.1 Å². The van der Waals surface area contributed by atoms with Gasteiger partial charge in [0.25, 0.3) is 11.5 Å². The van der Waals surface area contributed by atoms with Crippen LogP contribution < -0.4 is 20.9 Å². The molecule has 4 rings (SSSR count). The second-order valence-electron chi connectivity index (χ2n) is 8.66. The maximum atomic E-state index is 13.2. The molecule has 2 heterocycles. The maximum absolute atomic E-state index is 13.2. The zero-order valence-electron chi connectivity index (χ0n) is 20.6. The molecule has 1 amide bonds. The zero-order chi connectivity index (χ0) is 25.7. The predicted molar refractivity (Wildman–Crippen MR) is 141 cm³/mol. The summed E-state index contributed by atoms with van der Waals surface area (Å²) in [6, 6.07) is 16.5. The maximum Gasteiger partial charge on any atom is 0.293 e. The highest BCUT2D eigenvalue weighted by molar-refractivity contribution is 6.06. The molecular formula is C28H29N5O3. The van der Waals surface area contributed by atoms with Crippen molar-refractivity contribution in [2.24, 2.45) is 7.05 Å². The van der Waals surface area contributed by atoms with Crippen molar-refractivity contribution in [2.75, 3.05) is 10.6 Å². The molecule has 184 valence electrons. The zero-order valence-corrected chi connectivity index (χ0v) is 20.6. The highest BCUT2D eigenvalue weighted by atomic mass is 16.5. The van der Waals surface area contributed by atoms with Crippen LogP contribution in [0.15, 0.2) is 78.0 Å². The van der Waals surface area contributed by atoms with E-state index in [0.717, 1.165) is 36.0 Å². The third-order valence-electron chi connectivity index (χ3n) is 6.03. The van der Waals surface area contributed by atoms with Gasteiger partial charge in [0.2, 0.25) is 6.20 Å². The Morgan fingerprint density at radius 1 is 1.11 bits per heavy atom. The first-order valence-electron chi connectivity index (χ1n) is 11.9. The second-order valence-corrected chi connectivity index (χ2v) is 8.66. The molecule has 0 atom stereocenters. The van der Waals surface area contributed by atoms with Gasteiger partial charge in [-0.25, -0.2) is 4.98 Å². The van der Waals surface area contributed by atoms with Gasteiger partial charge in [-0.1, -0.05) is 43.7 Å². The number of amides is 1. The van der Waals surface area contributed by atoms with E-state index in [0.29, 0.717) is 27.4 Å². The van der Waals surface area contributed by atoms with Gasteiger partial charge in [0, 0.05) is 36.1 Å². The fourth-order valence-corrected chi connectivity index (χ4v) is 4.05. The lowest BCUT2D eigenvalue weighted by Gasteiger charge is -2.15. The molecular weight excluding hydrogens is 454 g/mol. The summed E-state index contributed by atoms with van der Waals surface area (Å²) in [5, 5.41) is 17.6. The number of unbranched alkanes of at least 4 members (excludes halogenated alkanes) is 1. The Labute approximate surface area is 209 Å². The number of benzene rings is 2. The van der Waals surface area contributed by atoms with Crippen LogP contribution in [0.3, 0.4) is 0 Å². The summed E-state index contributed by atoms with van der Waals surface area (Å²) in [5.74, 6) is -0.0624. The molecule has 4 aromatic rings. The highest BCUT2D eigenvalue weighted by Gasteiger charge is 2.16. The standard InChI is InChI=1S/C28H29N5O3/c1-4-5-10-20-11-6-7-13-23(20)27(34)31-24-15-8-14-22(19(24)2)25-18-32(3)28(35)26(30-25)29-21-12-9-16-33(36)17-21/h6-9,11-18H,4-5,10H2,1-3H3,(H,29,30)(H,31,34). The van der Waals surface area contributed by atoms with Gasteiger partial charge in [-0.3, -0.25) is 9.59 Å². The van der Waals surface area contributed by atoms with Gasteiger partial charge in [0.1, 0.15) is 5.69 Å². The summed E-state index contributed by atoms with van der Waals surface area (Å²) in [7, 11) is 1.64. The van der Waals surface area contributed by atoms with E-state index in [-0.39, 0.29) is 17.3 Å². The largest absolute Gasteiger partial charge is 0.619 e. The van der Waals surface area contributed by atoms with E-state index in [9.17, 15) is 14.8 Å². The third kappa shape index (κ3) is 5.43. The molecule has 0 bridgehead atoms. The molecule has 8 nitrogen and oxygen atoms in total. The number of hydrogen-bond acceptors (Lipinski definition) is 5. The lowest BCUT2D eigenvalue weighted by molar-refractivity contribution is -0.604. The summed E-state index contributed by atoms with van der Waals surface area (Å²) >= 11 is 0. The van der Waals surface area contributed by atoms with Crippen LogP contribution in [0.5, 0.6) is 0 Å². The molecule has 0 aliphatic heterocycles. The number of aryl methyl sites for hydroxylation is 2. The van der Waals surface area contributed by atoms with Crippen LogP contribution in [0.1, 0.15) is 41.3 Å². The first kappa shape index (κ1) is 24.7. The fourth-order valence-electron chi connectivity index (χ4n) is 4.05. The molecule has 0 spiro atoms. The van der Waals surface area contributed by atoms with Crippen LogP contribution in [-0.2, 0) is 13.5 Å². The average Bonchev–Trinajstić information content (AvgIpc) is 2.87. The van der Waals surface area contributed by atoms with E-state index in [1.54, 1.807) is 25.4 Å². The summed E-state index contributed by atoms with van der Waals surface area (Å²) in [6.07, 6.45) is 7.27. The molecule has 0 saturated carbocycles. The van der Waals surface area contributed by atoms with E-state index >= 15 is 0 Å². The van der Waals surface area contributed by atoms with Crippen molar-refractivity contribution in [3.63, 3.8) is 0 Å². The quantitative estimate of drug-likeness (QED) is 0.279. The van der Waals surface area contributed by atoms with Crippen molar-refractivity contribution in [3.8, 4) is 11.3 Å². The molecule has 0 unspecified atom stereocenters. The molecule has 2 aromatic carbocycles. The monoisotopic (exact) mass is 483 g/mol. The number of anilines is 3. The Bertz CT molecular complexity index is 1460. The van der Waals surface area contributed by atoms with Crippen molar-refractivity contribution >= 4 is 23.1 Å². The molecule has 36 heavy (non-hydrogen) atoms. The molecule has 0 aliphatic rings. The topological polar surface area (TPSA) is 103 Å².